The van der Waals surface area contributed by atoms with Gasteiger partial charge in [0.25, 0.3) is 0 Å². The average molecular weight is 219 g/mol. The van der Waals surface area contributed by atoms with Crippen LogP contribution >= 0.6 is 0 Å². The van der Waals surface area contributed by atoms with Crippen LogP contribution in [0.2, 0.25) is 0 Å². The zero-order valence-electron chi connectivity index (χ0n) is 10.0. The Balaban J connectivity index is 2.17. The van der Waals surface area contributed by atoms with E-state index in [1.165, 1.54) is 38.2 Å². The molecule has 0 heterocycles. The molecule has 1 aromatic carbocycles. The highest BCUT2D eigenvalue weighted by molar-refractivity contribution is 5.48. The van der Waals surface area contributed by atoms with Crippen LogP contribution in [0.1, 0.15) is 51.0 Å². The maximum atomic E-state index is 12.8. The van der Waals surface area contributed by atoms with Crippen LogP contribution in [-0.4, -0.2) is 0 Å². The van der Waals surface area contributed by atoms with Crippen LogP contribution in [0, 0.1) is 11.9 Å². The number of allylic oxidation sites excluding steroid dienone is 1. The highest BCUT2D eigenvalue weighted by Crippen LogP contribution is 2.08. The third kappa shape index (κ3) is 5.69. The van der Waals surface area contributed by atoms with Crippen molar-refractivity contribution < 1.29 is 4.39 Å². The van der Waals surface area contributed by atoms with Crippen molar-refractivity contribution >= 4 is 6.08 Å². The van der Waals surface area contributed by atoms with Gasteiger partial charge in [0, 0.05) is 6.07 Å². The highest BCUT2D eigenvalue weighted by atomic mass is 19.1. The van der Waals surface area contributed by atoms with Crippen LogP contribution in [0.3, 0.4) is 0 Å². The molecule has 0 bridgehead atoms. The van der Waals surface area contributed by atoms with E-state index in [-0.39, 0.29) is 5.82 Å². The smallest absolute Gasteiger partial charge is 0.131 e. The van der Waals surface area contributed by atoms with Crippen molar-refractivity contribution in [2.24, 2.45) is 0 Å². The highest BCUT2D eigenvalue weighted by Gasteiger charge is 1.90. The number of hydrogen-bond acceptors (Lipinski definition) is 0. The van der Waals surface area contributed by atoms with Crippen LogP contribution in [-0.2, 0) is 0 Å². The van der Waals surface area contributed by atoms with E-state index in [2.05, 4.69) is 19.1 Å². The van der Waals surface area contributed by atoms with E-state index in [0.29, 0.717) is 0 Å². The minimum atomic E-state index is -0.287. The van der Waals surface area contributed by atoms with Crippen LogP contribution in [0.25, 0.3) is 6.08 Å². The zero-order valence-corrected chi connectivity index (χ0v) is 10.0. The minimum absolute atomic E-state index is 0.287. The van der Waals surface area contributed by atoms with Gasteiger partial charge in [-0.25, -0.2) is 4.39 Å². The molecule has 16 heavy (non-hydrogen) atoms. The molecular weight excluding hydrogens is 199 g/mol. The second-order valence-corrected chi connectivity index (χ2v) is 4.08. The summed E-state index contributed by atoms with van der Waals surface area (Å²) >= 11 is 0. The molecule has 0 unspecified atom stereocenters. The topological polar surface area (TPSA) is 0 Å². The molecule has 1 heteroatoms. The van der Waals surface area contributed by atoms with E-state index < -0.39 is 0 Å². The number of halogens is 1. The van der Waals surface area contributed by atoms with Gasteiger partial charge in [0.15, 0.2) is 0 Å². The predicted molar refractivity (Wildman–Crippen MR) is 67.6 cm³/mol. The molecule has 0 aliphatic heterocycles. The second kappa shape index (κ2) is 8.09. The number of unbranched alkanes of at least 4 members (excludes halogenated alkanes) is 5. The largest absolute Gasteiger partial charge is 0.206 e. The average Bonchev–Trinajstić information content (AvgIpc) is 2.28. The molecule has 87 valence electrons. The third-order valence-corrected chi connectivity index (χ3v) is 2.58. The lowest BCUT2D eigenvalue weighted by Gasteiger charge is -1.96. The lowest BCUT2D eigenvalue weighted by atomic mass is 10.1. The fraction of sp³-hybridized carbons (Fsp3) is 0.467. The second-order valence-electron chi connectivity index (χ2n) is 4.08. The molecule has 0 saturated carbocycles. The Hall–Kier alpha value is -1.11. The summed E-state index contributed by atoms with van der Waals surface area (Å²) in [5, 5.41) is 0. The summed E-state index contributed by atoms with van der Waals surface area (Å²) in [6.07, 6.45) is 11.7. The molecule has 1 rings (SSSR count). The first-order valence-corrected chi connectivity index (χ1v) is 6.16. The molecule has 0 aromatic heterocycles. The summed E-state index contributed by atoms with van der Waals surface area (Å²) in [6.45, 7) is 2.22. The van der Waals surface area contributed by atoms with Crippen molar-refractivity contribution in [1.82, 2.24) is 0 Å². The van der Waals surface area contributed by atoms with E-state index in [4.69, 9.17) is 0 Å². The van der Waals surface area contributed by atoms with Gasteiger partial charge in [-0.05, 0) is 24.5 Å². The van der Waals surface area contributed by atoms with Crippen LogP contribution in [0.4, 0.5) is 4.39 Å². The Labute approximate surface area is 98.2 Å². The van der Waals surface area contributed by atoms with Gasteiger partial charge in [-0.2, -0.15) is 0 Å². The Morgan fingerprint density at radius 3 is 2.81 bits per heavy atom. The summed E-state index contributed by atoms with van der Waals surface area (Å²) in [5.41, 5.74) is 0.921. The van der Waals surface area contributed by atoms with Crippen molar-refractivity contribution in [1.29, 1.82) is 0 Å². The van der Waals surface area contributed by atoms with Crippen molar-refractivity contribution in [3.05, 3.63) is 41.7 Å². The molecule has 1 aromatic rings. The van der Waals surface area contributed by atoms with Crippen molar-refractivity contribution in [2.45, 2.75) is 45.4 Å². The molecule has 0 atom stereocenters. The van der Waals surface area contributed by atoms with Gasteiger partial charge in [0.2, 0.25) is 0 Å². The van der Waals surface area contributed by atoms with Crippen LogP contribution < -0.4 is 0 Å². The summed E-state index contributed by atoms with van der Waals surface area (Å²) in [6, 6.07) is 7.50. The fourth-order valence-corrected chi connectivity index (χ4v) is 1.64. The van der Waals surface area contributed by atoms with Crippen molar-refractivity contribution in [2.75, 3.05) is 0 Å². The van der Waals surface area contributed by atoms with Gasteiger partial charge in [-0.1, -0.05) is 56.9 Å². The van der Waals surface area contributed by atoms with Gasteiger partial charge >= 0.3 is 0 Å². The minimum Gasteiger partial charge on any atom is -0.206 e. The van der Waals surface area contributed by atoms with Gasteiger partial charge in [-0.3, -0.25) is 0 Å². The molecule has 0 spiro atoms. The van der Waals surface area contributed by atoms with Gasteiger partial charge in [0.1, 0.15) is 5.82 Å². The Morgan fingerprint density at radius 1 is 1.25 bits per heavy atom. The third-order valence-electron chi connectivity index (χ3n) is 2.58. The number of hydrogen-bond donors (Lipinski definition) is 0. The molecule has 0 amide bonds. The summed E-state index contributed by atoms with van der Waals surface area (Å²) < 4.78 is 12.8. The monoisotopic (exact) mass is 219 g/mol. The molecule has 0 aliphatic rings. The van der Waals surface area contributed by atoms with E-state index >= 15 is 0 Å². The van der Waals surface area contributed by atoms with Crippen LogP contribution in [0.15, 0.2) is 24.3 Å². The van der Waals surface area contributed by atoms with Crippen molar-refractivity contribution in [3.63, 3.8) is 0 Å². The molecule has 0 N–H and O–H groups in total. The summed E-state index contributed by atoms with van der Waals surface area (Å²) in [7, 11) is 0. The molecule has 0 nitrogen and oxygen atoms in total. The molecule has 0 aliphatic carbocycles. The Bertz CT molecular complexity index is 315. The predicted octanol–water partition coefficient (Wildman–Crippen LogP) is 5.00. The molecule has 1 radical (unpaired) electrons. The molecule has 0 fully saturated rings. The van der Waals surface area contributed by atoms with Crippen LogP contribution in [0.5, 0.6) is 0 Å². The normalized spacial score (nSPS) is 11.1. The standard InChI is InChI=1S/C15H20F/c1-2-3-4-5-6-7-8-10-14-11-9-12-15(16)13-14/h8-11,13H,2-7H2,1H3. The van der Waals surface area contributed by atoms with E-state index in [0.717, 1.165) is 12.0 Å². The van der Waals surface area contributed by atoms with E-state index in [9.17, 15) is 4.39 Å². The first-order valence-electron chi connectivity index (χ1n) is 6.16. The first-order chi connectivity index (χ1) is 7.83. The van der Waals surface area contributed by atoms with Gasteiger partial charge < -0.3 is 0 Å². The van der Waals surface area contributed by atoms with E-state index in [1.807, 2.05) is 12.1 Å². The lowest BCUT2D eigenvalue weighted by molar-refractivity contribution is 0.625. The van der Waals surface area contributed by atoms with Gasteiger partial charge in [-0.15, -0.1) is 0 Å². The van der Waals surface area contributed by atoms with E-state index in [1.54, 1.807) is 6.07 Å². The fourth-order valence-electron chi connectivity index (χ4n) is 1.64. The summed E-state index contributed by atoms with van der Waals surface area (Å²) in [5.74, 6) is -0.287. The SMILES string of the molecule is CCCCCCCC=Cc1cc[c]c(F)c1. The Kier molecular flexibility index (Phi) is 6.55. The first kappa shape index (κ1) is 13.0. The van der Waals surface area contributed by atoms with Gasteiger partial charge in [0.05, 0.1) is 0 Å². The Morgan fingerprint density at radius 2 is 2.06 bits per heavy atom. The zero-order chi connectivity index (χ0) is 11.6. The molecule has 0 saturated heterocycles. The molecular formula is C15H20F. The lowest BCUT2D eigenvalue weighted by Crippen LogP contribution is -1.77. The quantitative estimate of drug-likeness (QED) is 0.566. The van der Waals surface area contributed by atoms with Crippen molar-refractivity contribution in [3.8, 4) is 0 Å². The summed E-state index contributed by atoms with van der Waals surface area (Å²) in [4.78, 5) is 0. The maximum absolute atomic E-state index is 12.8. The number of benzene rings is 1. The number of rotatable bonds is 7. The maximum Gasteiger partial charge on any atom is 0.131 e.